The Morgan fingerprint density at radius 1 is 1.22 bits per heavy atom. The molecule has 0 amide bonds. The molecule has 3 unspecified atom stereocenters. The number of carbonyl (C=O) groups is 1. The maximum atomic E-state index is 11.1. The summed E-state index contributed by atoms with van der Waals surface area (Å²) in [5.74, 6) is 1.24. The van der Waals surface area contributed by atoms with Crippen LogP contribution in [0.15, 0.2) is 0 Å². The van der Waals surface area contributed by atoms with E-state index in [1.54, 1.807) is 0 Å². The van der Waals surface area contributed by atoms with E-state index in [9.17, 15) is 4.79 Å². The molecule has 18 heavy (non-hydrogen) atoms. The number of hydrogen-bond donors (Lipinski definition) is 3. The molecule has 7 heteroatoms. The SMILES string of the molecule is Cl.Cl.O=C(O)C1CSC2(N1)C1CCCC2CNC1. The van der Waals surface area contributed by atoms with Crippen molar-refractivity contribution in [3.8, 4) is 0 Å². The first-order valence-electron chi connectivity index (χ1n) is 6.07. The van der Waals surface area contributed by atoms with Crippen molar-refractivity contribution >= 4 is 42.5 Å². The van der Waals surface area contributed by atoms with Crippen molar-refractivity contribution in [2.75, 3.05) is 18.8 Å². The fourth-order valence-corrected chi connectivity index (χ4v) is 5.26. The van der Waals surface area contributed by atoms with Crippen LogP contribution in [0.4, 0.5) is 0 Å². The fourth-order valence-electron chi connectivity index (χ4n) is 3.49. The van der Waals surface area contributed by atoms with Gasteiger partial charge >= 0.3 is 5.97 Å². The number of nitrogens with one attached hydrogen (secondary N) is 2. The Balaban J connectivity index is 0.000000810. The number of hydrogen-bond acceptors (Lipinski definition) is 4. The lowest BCUT2D eigenvalue weighted by Crippen LogP contribution is -2.63. The topological polar surface area (TPSA) is 61.4 Å². The van der Waals surface area contributed by atoms with E-state index in [-0.39, 0.29) is 35.7 Å². The van der Waals surface area contributed by atoms with Gasteiger partial charge in [-0.15, -0.1) is 36.6 Å². The molecule has 2 saturated heterocycles. The molecule has 0 aromatic rings. The van der Waals surface area contributed by atoms with Gasteiger partial charge in [0.05, 0.1) is 4.87 Å². The van der Waals surface area contributed by atoms with E-state index in [1.807, 2.05) is 11.8 Å². The summed E-state index contributed by atoms with van der Waals surface area (Å²) in [6, 6.07) is -0.341. The van der Waals surface area contributed by atoms with Crippen LogP contribution >= 0.6 is 36.6 Å². The molecule has 1 aliphatic carbocycles. The number of thioether (sulfide) groups is 1. The van der Waals surface area contributed by atoms with E-state index in [0.29, 0.717) is 11.8 Å². The summed E-state index contributed by atoms with van der Waals surface area (Å²) in [7, 11) is 0. The minimum atomic E-state index is -0.694. The Kier molecular flexibility index (Phi) is 5.62. The van der Waals surface area contributed by atoms with Crippen LogP contribution in [0, 0.1) is 11.8 Å². The Bertz CT molecular complexity index is 297. The summed E-state index contributed by atoms with van der Waals surface area (Å²) in [5, 5.41) is 16.0. The first kappa shape index (κ1) is 16.4. The molecule has 4 nitrogen and oxygen atoms in total. The molecule has 0 aromatic heterocycles. The van der Waals surface area contributed by atoms with E-state index in [0.717, 1.165) is 18.8 Å². The van der Waals surface area contributed by atoms with Gasteiger partial charge in [-0.25, -0.2) is 0 Å². The zero-order chi connectivity index (χ0) is 11.2. The normalized spacial score (nSPS) is 41.9. The molecular formula is C11H20Cl2N2O2S. The monoisotopic (exact) mass is 314 g/mol. The van der Waals surface area contributed by atoms with Gasteiger partial charge in [-0.05, 0) is 24.7 Å². The van der Waals surface area contributed by atoms with Crippen molar-refractivity contribution < 1.29 is 9.90 Å². The number of carboxylic acids is 1. The Morgan fingerprint density at radius 3 is 2.33 bits per heavy atom. The van der Waals surface area contributed by atoms with E-state index >= 15 is 0 Å². The molecule has 0 radical (unpaired) electrons. The highest BCUT2D eigenvalue weighted by Crippen LogP contribution is 2.50. The van der Waals surface area contributed by atoms with E-state index in [1.165, 1.54) is 19.3 Å². The van der Waals surface area contributed by atoms with Crippen LogP contribution < -0.4 is 10.6 Å². The van der Waals surface area contributed by atoms with E-state index in [2.05, 4.69) is 10.6 Å². The van der Waals surface area contributed by atoms with Crippen LogP contribution in [0.25, 0.3) is 0 Å². The van der Waals surface area contributed by atoms with Gasteiger partial charge in [-0.1, -0.05) is 6.42 Å². The Morgan fingerprint density at radius 2 is 1.83 bits per heavy atom. The average Bonchev–Trinajstić information content (AvgIpc) is 2.63. The highest BCUT2D eigenvalue weighted by atomic mass is 35.5. The molecule has 0 aromatic carbocycles. The number of aliphatic carboxylic acids is 1. The predicted octanol–water partition coefficient (Wildman–Crippen LogP) is 1.34. The summed E-state index contributed by atoms with van der Waals surface area (Å²) in [6.45, 7) is 2.09. The third-order valence-electron chi connectivity index (χ3n) is 4.29. The summed E-state index contributed by atoms with van der Waals surface area (Å²) in [4.78, 5) is 11.1. The molecule has 2 bridgehead atoms. The van der Waals surface area contributed by atoms with Crippen molar-refractivity contribution in [2.24, 2.45) is 11.8 Å². The van der Waals surface area contributed by atoms with Crippen LogP contribution in [0.3, 0.4) is 0 Å². The Hall–Kier alpha value is 0.320. The lowest BCUT2D eigenvalue weighted by Gasteiger charge is -2.51. The van der Waals surface area contributed by atoms with Crippen LogP contribution in [0.5, 0.6) is 0 Å². The quantitative estimate of drug-likeness (QED) is 0.682. The summed E-state index contributed by atoms with van der Waals surface area (Å²) < 4.78 is 0. The lowest BCUT2D eigenvalue weighted by molar-refractivity contribution is -0.139. The molecule has 3 N–H and O–H groups in total. The van der Waals surface area contributed by atoms with E-state index < -0.39 is 5.97 Å². The van der Waals surface area contributed by atoms with Crippen molar-refractivity contribution in [2.45, 2.75) is 30.2 Å². The van der Waals surface area contributed by atoms with Crippen molar-refractivity contribution in [1.82, 2.24) is 10.6 Å². The molecule has 2 aliphatic heterocycles. The van der Waals surface area contributed by atoms with Crippen LogP contribution in [0.1, 0.15) is 19.3 Å². The first-order chi connectivity index (χ1) is 7.72. The van der Waals surface area contributed by atoms with E-state index in [4.69, 9.17) is 5.11 Å². The molecule has 1 saturated carbocycles. The average molecular weight is 315 g/mol. The van der Waals surface area contributed by atoms with Crippen molar-refractivity contribution in [1.29, 1.82) is 0 Å². The number of halogens is 2. The largest absolute Gasteiger partial charge is 0.480 e. The van der Waals surface area contributed by atoms with Crippen molar-refractivity contribution in [3.63, 3.8) is 0 Å². The van der Waals surface area contributed by atoms with Gasteiger partial charge in [-0.3, -0.25) is 10.1 Å². The summed E-state index contributed by atoms with van der Waals surface area (Å²) in [6.07, 6.45) is 3.77. The number of rotatable bonds is 1. The molecule has 3 atom stereocenters. The number of carboxylic acid groups (broad SMARTS) is 1. The van der Waals surface area contributed by atoms with Gasteiger partial charge < -0.3 is 10.4 Å². The standard InChI is InChI=1S/C11H18N2O2S.2ClH/c14-10(15)9-6-16-11(13-9)7-2-1-3-8(11)5-12-4-7;;/h7-9,12-13H,1-6H2,(H,14,15);2*1H. The maximum Gasteiger partial charge on any atom is 0.321 e. The third-order valence-corrected chi connectivity index (χ3v) is 6.05. The van der Waals surface area contributed by atoms with Crippen LogP contribution in [-0.4, -0.2) is 40.8 Å². The molecule has 3 fully saturated rings. The minimum Gasteiger partial charge on any atom is -0.480 e. The molecule has 106 valence electrons. The van der Waals surface area contributed by atoms with Gasteiger partial charge in [0, 0.05) is 18.8 Å². The second-order valence-corrected chi connectivity index (χ2v) is 6.42. The first-order valence-corrected chi connectivity index (χ1v) is 7.06. The van der Waals surface area contributed by atoms with Gasteiger partial charge in [-0.2, -0.15) is 0 Å². The van der Waals surface area contributed by atoms with Gasteiger partial charge in [0.2, 0.25) is 0 Å². The molecule has 1 spiro atoms. The second-order valence-electron chi connectivity index (χ2n) is 5.12. The molecule has 3 aliphatic rings. The zero-order valence-electron chi connectivity index (χ0n) is 10.1. The zero-order valence-corrected chi connectivity index (χ0v) is 12.5. The second kappa shape index (κ2) is 6.18. The predicted molar refractivity (Wildman–Crippen MR) is 77.9 cm³/mol. The van der Waals surface area contributed by atoms with Crippen LogP contribution in [0.2, 0.25) is 0 Å². The Labute approximate surface area is 124 Å². The van der Waals surface area contributed by atoms with Gasteiger partial charge in [0.1, 0.15) is 6.04 Å². The van der Waals surface area contributed by atoms with Crippen LogP contribution in [-0.2, 0) is 4.79 Å². The highest BCUT2D eigenvalue weighted by Gasteiger charge is 2.54. The fraction of sp³-hybridized carbons (Fsp3) is 0.909. The van der Waals surface area contributed by atoms with Gasteiger partial charge in [0.25, 0.3) is 0 Å². The number of piperidine rings is 1. The lowest BCUT2D eigenvalue weighted by atomic mass is 9.73. The maximum absolute atomic E-state index is 11.1. The molecular weight excluding hydrogens is 295 g/mol. The minimum absolute atomic E-state index is 0. The summed E-state index contributed by atoms with van der Waals surface area (Å²) >= 11 is 1.86. The molecule has 3 rings (SSSR count). The molecule has 2 heterocycles. The van der Waals surface area contributed by atoms with Gasteiger partial charge in [0.15, 0.2) is 0 Å². The highest BCUT2D eigenvalue weighted by molar-refractivity contribution is 8.01. The smallest absolute Gasteiger partial charge is 0.321 e. The summed E-state index contributed by atoms with van der Waals surface area (Å²) in [5.41, 5.74) is 0. The third kappa shape index (κ3) is 2.48. The van der Waals surface area contributed by atoms with Crippen molar-refractivity contribution in [3.05, 3.63) is 0 Å².